The molecule has 2 rings (SSSR count). The number of aliphatic hydroxyl groups is 10. The molecule has 2 saturated heterocycles. The first-order valence-electron chi connectivity index (χ1n) is 27.1. The highest BCUT2D eigenvalue weighted by Crippen LogP contribution is 2.27. The molecule has 2 fully saturated rings. The van der Waals surface area contributed by atoms with Crippen LogP contribution in [0.1, 0.15) is 206 Å². The van der Waals surface area contributed by atoms with E-state index in [2.05, 4.69) is 19.2 Å². The van der Waals surface area contributed by atoms with Crippen molar-refractivity contribution >= 4 is 5.91 Å². The summed E-state index contributed by atoms with van der Waals surface area (Å²) in [6.07, 6.45) is 17.0. The Labute approximate surface area is 409 Å². The second-order valence-electron chi connectivity index (χ2n) is 19.7. The van der Waals surface area contributed by atoms with Crippen molar-refractivity contribution < 1.29 is 74.8 Å². The molecule has 0 unspecified atom stereocenters. The molecule has 0 saturated carbocycles. The van der Waals surface area contributed by atoms with Crippen molar-refractivity contribution in [2.24, 2.45) is 0 Å². The number of ether oxygens (including phenoxy) is 4. The van der Waals surface area contributed by atoms with Crippen LogP contribution >= 0.6 is 0 Å². The maximum absolute atomic E-state index is 13.3. The smallest absolute Gasteiger partial charge is 0.249 e. The Hall–Kier alpha value is -1.35. The standard InChI is InChI=1S/C52H99NO15/c1-3-5-7-9-11-13-15-17-18-19-20-21-22-24-26-28-30-32-34-40(56)50(64)53-38(43(57)39(55)33-31-29-27-25-23-16-14-12-10-8-6-4-2)36-65-51-49(63)47(61)45(59)42(68-51)37-66-52-48(62)46(60)44(58)41(35-54)67-52/h29,31,38-49,51-52,54-63H,3-28,30,32-37H2,1-2H3,(H,53,64)/b31-29+/t38-,39+,40+,41+,42+,43-,44-,45+,46-,47-,48+,49+,51+,52+/m0/s1. The summed E-state index contributed by atoms with van der Waals surface area (Å²) in [5.41, 5.74) is 0. The van der Waals surface area contributed by atoms with E-state index in [-0.39, 0.29) is 12.8 Å². The fourth-order valence-corrected chi connectivity index (χ4v) is 8.99. The first kappa shape index (κ1) is 62.8. The lowest BCUT2D eigenvalue weighted by atomic mass is 9.98. The SMILES string of the molecule is CCCCCCCCCCC/C=C/C[C@@H](O)[C@@H](O)[C@H](CO[C@@H]1O[C@H](CO[C@@H]2O[C@H](CO)[C@H](O)[C@H](O)[C@H]2O)[C@@H](O)[C@H](O)[C@H]1O)NC(=O)[C@H](O)CCCCCCCCCCCCCCCCCCCC. The van der Waals surface area contributed by atoms with E-state index in [0.717, 1.165) is 38.5 Å². The summed E-state index contributed by atoms with van der Waals surface area (Å²) < 4.78 is 22.4. The molecule has 16 heteroatoms. The van der Waals surface area contributed by atoms with Crippen LogP contribution in [0, 0.1) is 0 Å². The van der Waals surface area contributed by atoms with Gasteiger partial charge in [-0.1, -0.05) is 193 Å². The average Bonchev–Trinajstić information content (AvgIpc) is 3.33. The molecule has 16 nitrogen and oxygen atoms in total. The van der Waals surface area contributed by atoms with Gasteiger partial charge in [-0.3, -0.25) is 4.79 Å². The van der Waals surface area contributed by atoms with Crippen LogP contribution in [0.5, 0.6) is 0 Å². The van der Waals surface area contributed by atoms with Gasteiger partial charge in [0, 0.05) is 0 Å². The van der Waals surface area contributed by atoms with Crippen molar-refractivity contribution in [2.75, 3.05) is 19.8 Å². The molecule has 2 aliphatic heterocycles. The predicted molar refractivity (Wildman–Crippen MR) is 261 cm³/mol. The van der Waals surface area contributed by atoms with Gasteiger partial charge in [0.15, 0.2) is 12.6 Å². The lowest BCUT2D eigenvalue weighted by Gasteiger charge is -2.43. The molecular weight excluding hydrogens is 879 g/mol. The van der Waals surface area contributed by atoms with Crippen molar-refractivity contribution in [3.8, 4) is 0 Å². The number of hydrogen-bond donors (Lipinski definition) is 11. The van der Waals surface area contributed by atoms with Crippen LogP contribution in [-0.4, -0.2) is 163 Å². The lowest BCUT2D eigenvalue weighted by molar-refractivity contribution is -0.331. The lowest BCUT2D eigenvalue weighted by Crippen LogP contribution is -2.62. The van der Waals surface area contributed by atoms with Gasteiger partial charge in [0.1, 0.15) is 61.0 Å². The van der Waals surface area contributed by atoms with Crippen LogP contribution in [-0.2, 0) is 23.7 Å². The van der Waals surface area contributed by atoms with Crippen LogP contribution in [0.4, 0.5) is 0 Å². The minimum Gasteiger partial charge on any atom is -0.394 e. The Morgan fingerprint density at radius 1 is 0.529 bits per heavy atom. The average molecular weight is 978 g/mol. The van der Waals surface area contributed by atoms with Gasteiger partial charge in [-0.15, -0.1) is 0 Å². The van der Waals surface area contributed by atoms with E-state index in [1.165, 1.54) is 135 Å². The zero-order chi connectivity index (χ0) is 49.9. The molecule has 0 aromatic rings. The van der Waals surface area contributed by atoms with E-state index in [9.17, 15) is 55.9 Å². The molecule has 0 aromatic carbocycles. The third-order valence-electron chi connectivity index (χ3n) is 13.7. The van der Waals surface area contributed by atoms with Crippen LogP contribution < -0.4 is 5.32 Å². The number of aliphatic hydroxyl groups excluding tert-OH is 10. The van der Waals surface area contributed by atoms with Crippen molar-refractivity contribution in [3.05, 3.63) is 12.2 Å². The number of hydrogen-bond acceptors (Lipinski definition) is 15. The van der Waals surface area contributed by atoms with Gasteiger partial charge in [0.25, 0.3) is 0 Å². The summed E-state index contributed by atoms with van der Waals surface area (Å²) in [4.78, 5) is 13.3. The van der Waals surface area contributed by atoms with E-state index < -0.39 is 111 Å². The molecule has 0 aromatic heterocycles. The number of rotatable bonds is 42. The van der Waals surface area contributed by atoms with E-state index in [4.69, 9.17) is 18.9 Å². The molecule has 0 aliphatic carbocycles. The van der Waals surface area contributed by atoms with Gasteiger partial charge in [-0.25, -0.2) is 0 Å². The zero-order valence-electron chi connectivity index (χ0n) is 42.1. The van der Waals surface area contributed by atoms with Gasteiger partial charge < -0.3 is 75.3 Å². The quantitative estimate of drug-likeness (QED) is 0.0267. The molecule has 11 N–H and O–H groups in total. The summed E-state index contributed by atoms with van der Waals surface area (Å²) in [6, 6.07) is -1.30. The molecule has 14 atom stereocenters. The summed E-state index contributed by atoms with van der Waals surface area (Å²) in [5.74, 6) is -0.774. The van der Waals surface area contributed by atoms with Crippen LogP contribution in [0.2, 0.25) is 0 Å². The largest absolute Gasteiger partial charge is 0.394 e. The van der Waals surface area contributed by atoms with E-state index in [1.54, 1.807) is 6.08 Å². The number of amides is 1. The number of carbonyl (C=O) groups excluding carboxylic acids is 1. The molecule has 2 aliphatic rings. The monoisotopic (exact) mass is 978 g/mol. The maximum Gasteiger partial charge on any atom is 0.249 e. The van der Waals surface area contributed by atoms with Crippen LogP contribution in [0.3, 0.4) is 0 Å². The molecule has 1 amide bonds. The highest BCUT2D eigenvalue weighted by molar-refractivity contribution is 5.80. The van der Waals surface area contributed by atoms with Crippen molar-refractivity contribution in [2.45, 2.75) is 292 Å². The first-order valence-corrected chi connectivity index (χ1v) is 27.1. The van der Waals surface area contributed by atoms with Crippen molar-refractivity contribution in [3.63, 3.8) is 0 Å². The summed E-state index contributed by atoms with van der Waals surface area (Å²) in [6.45, 7) is 2.64. The maximum atomic E-state index is 13.3. The Morgan fingerprint density at radius 2 is 0.941 bits per heavy atom. The third-order valence-corrected chi connectivity index (χ3v) is 13.7. The Morgan fingerprint density at radius 3 is 1.41 bits per heavy atom. The third kappa shape index (κ3) is 25.9. The predicted octanol–water partition coefficient (Wildman–Crippen LogP) is 5.49. The zero-order valence-corrected chi connectivity index (χ0v) is 42.1. The number of allylic oxidation sites excluding steroid dienone is 1. The highest BCUT2D eigenvalue weighted by Gasteiger charge is 2.48. The Bertz CT molecular complexity index is 1230. The molecule has 68 heavy (non-hydrogen) atoms. The number of carbonyl (C=O) groups is 1. The van der Waals surface area contributed by atoms with Gasteiger partial charge in [-0.05, 0) is 25.7 Å². The van der Waals surface area contributed by atoms with E-state index in [1.807, 2.05) is 6.08 Å². The van der Waals surface area contributed by atoms with E-state index >= 15 is 0 Å². The summed E-state index contributed by atoms with van der Waals surface area (Å²) in [5, 5.41) is 108. The minimum atomic E-state index is -1.83. The number of unbranched alkanes of at least 4 members (excludes halogenated alkanes) is 26. The Kier molecular flexibility index (Phi) is 36.2. The van der Waals surface area contributed by atoms with Crippen LogP contribution in [0.25, 0.3) is 0 Å². The number of nitrogens with one attached hydrogen (secondary N) is 1. The minimum absolute atomic E-state index is 0.0671. The molecule has 0 bridgehead atoms. The summed E-state index contributed by atoms with van der Waals surface area (Å²) in [7, 11) is 0. The molecule has 0 radical (unpaired) electrons. The van der Waals surface area contributed by atoms with Gasteiger partial charge in [0.05, 0.1) is 32.0 Å². The van der Waals surface area contributed by atoms with E-state index in [0.29, 0.717) is 6.42 Å². The Balaban J connectivity index is 1.87. The summed E-state index contributed by atoms with van der Waals surface area (Å²) >= 11 is 0. The van der Waals surface area contributed by atoms with Gasteiger partial charge in [0.2, 0.25) is 5.91 Å². The second-order valence-corrected chi connectivity index (χ2v) is 19.7. The fraction of sp³-hybridized carbons (Fsp3) is 0.942. The molecular formula is C52H99NO15. The fourth-order valence-electron chi connectivity index (χ4n) is 8.99. The second kappa shape index (κ2) is 39.2. The highest BCUT2D eigenvalue weighted by atomic mass is 16.7. The van der Waals surface area contributed by atoms with Crippen molar-refractivity contribution in [1.82, 2.24) is 5.32 Å². The topological polar surface area (TPSA) is 268 Å². The molecule has 0 spiro atoms. The normalized spacial score (nSPS) is 27.4. The van der Waals surface area contributed by atoms with Crippen LogP contribution in [0.15, 0.2) is 12.2 Å². The molecule has 402 valence electrons. The van der Waals surface area contributed by atoms with Gasteiger partial charge >= 0.3 is 0 Å². The van der Waals surface area contributed by atoms with Crippen molar-refractivity contribution in [1.29, 1.82) is 0 Å². The molecule has 2 heterocycles. The first-order chi connectivity index (χ1) is 32.9. The van der Waals surface area contributed by atoms with Gasteiger partial charge in [-0.2, -0.15) is 0 Å².